The fourth-order valence-corrected chi connectivity index (χ4v) is 1.35. The molecule has 1 aliphatic rings. The van der Waals surface area contributed by atoms with Crippen molar-refractivity contribution in [3.63, 3.8) is 0 Å². The maximum atomic E-state index is 8.11. The average Bonchev–Trinajstić information content (AvgIpc) is 1.82. The van der Waals surface area contributed by atoms with Crippen molar-refractivity contribution >= 4 is 0 Å². The Balaban J connectivity index is 2.14. The van der Waals surface area contributed by atoms with E-state index in [4.69, 9.17) is 5.53 Å². The lowest BCUT2D eigenvalue weighted by Crippen LogP contribution is -2.50. The summed E-state index contributed by atoms with van der Waals surface area (Å²) in [6.45, 7) is 7.41. The van der Waals surface area contributed by atoms with E-state index in [1.54, 1.807) is 0 Å². The van der Waals surface area contributed by atoms with Crippen molar-refractivity contribution in [3.8, 4) is 0 Å². The Kier molecular flexibility index (Phi) is 2.74. The zero-order valence-electron chi connectivity index (χ0n) is 7.06. The normalized spacial score (nSPS) is 19.5. The van der Waals surface area contributed by atoms with Crippen molar-refractivity contribution in [3.05, 3.63) is 10.4 Å². The molecule has 4 nitrogen and oxygen atoms in total. The van der Waals surface area contributed by atoms with Gasteiger partial charge in [0.25, 0.3) is 0 Å². The number of nitrogens with zero attached hydrogens (tertiary/aromatic N) is 4. The molecule has 0 aromatic heterocycles. The number of hydrogen-bond donors (Lipinski definition) is 0. The lowest BCUT2D eigenvalue weighted by molar-refractivity contribution is 0.134. The van der Waals surface area contributed by atoms with E-state index < -0.39 is 0 Å². The van der Waals surface area contributed by atoms with Gasteiger partial charge in [-0.2, -0.15) is 0 Å². The number of rotatable bonds is 3. The highest BCUT2D eigenvalue weighted by molar-refractivity contribution is 4.85. The summed E-state index contributed by atoms with van der Waals surface area (Å²) in [6.07, 6.45) is 0. The second kappa shape index (κ2) is 3.60. The van der Waals surface area contributed by atoms with Crippen LogP contribution < -0.4 is 0 Å². The van der Waals surface area contributed by atoms with Crippen molar-refractivity contribution in [2.75, 3.05) is 19.6 Å². The van der Waals surface area contributed by atoms with Crippen LogP contribution in [0.5, 0.6) is 0 Å². The van der Waals surface area contributed by atoms with E-state index in [0.717, 1.165) is 19.6 Å². The van der Waals surface area contributed by atoms with Gasteiger partial charge in [0.2, 0.25) is 0 Å². The molecule has 1 aliphatic heterocycles. The van der Waals surface area contributed by atoms with Gasteiger partial charge in [0, 0.05) is 24.5 Å². The molecular formula is C7H14N4. The van der Waals surface area contributed by atoms with Crippen molar-refractivity contribution in [1.82, 2.24) is 4.90 Å². The zero-order valence-corrected chi connectivity index (χ0v) is 7.06. The summed E-state index contributed by atoms with van der Waals surface area (Å²) in [5.41, 5.74) is 8.11. The topological polar surface area (TPSA) is 52.0 Å². The average molecular weight is 154 g/mol. The maximum absolute atomic E-state index is 8.11. The zero-order chi connectivity index (χ0) is 8.27. The van der Waals surface area contributed by atoms with Gasteiger partial charge in [0.1, 0.15) is 0 Å². The maximum Gasteiger partial charge on any atom is 0.0628 e. The summed E-state index contributed by atoms with van der Waals surface area (Å²) in [5, 5.41) is 3.63. The van der Waals surface area contributed by atoms with E-state index >= 15 is 0 Å². The Morgan fingerprint density at radius 2 is 2.27 bits per heavy atom. The van der Waals surface area contributed by atoms with Crippen LogP contribution in [0.3, 0.4) is 0 Å². The first-order valence-electron chi connectivity index (χ1n) is 3.99. The third-order valence-electron chi connectivity index (χ3n) is 1.78. The molecule has 4 heteroatoms. The Morgan fingerprint density at radius 3 is 2.73 bits per heavy atom. The van der Waals surface area contributed by atoms with E-state index in [0.29, 0.717) is 5.92 Å². The van der Waals surface area contributed by atoms with E-state index in [-0.39, 0.29) is 6.04 Å². The van der Waals surface area contributed by atoms with Gasteiger partial charge in [0.05, 0.1) is 6.04 Å². The minimum atomic E-state index is 0.235. The van der Waals surface area contributed by atoms with E-state index in [2.05, 4.69) is 28.8 Å². The van der Waals surface area contributed by atoms with Gasteiger partial charge < -0.3 is 4.90 Å². The minimum absolute atomic E-state index is 0.235. The highest BCUT2D eigenvalue weighted by atomic mass is 15.3. The van der Waals surface area contributed by atoms with Crippen LogP contribution in [0, 0.1) is 5.92 Å². The van der Waals surface area contributed by atoms with Gasteiger partial charge in [-0.1, -0.05) is 19.0 Å². The molecule has 0 spiro atoms. The summed E-state index contributed by atoms with van der Waals surface area (Å²) in [5.74, 6) is 0.710. The largest absolute Gasteiger partial charge is 0.302 e. The molecule has 11 heavy (non-hydrogen) atoms. The third-order valence-corrected chi connectivity index (χ3v) is 1.78. The second-order valence-corrected chi connectivity index (χ2v) is 3.47. The summed E-state index contributed by atoms with van der Waals surface area (Å²) in [4.78, 5) is 5.08. The molecule has 1 rings (SSSR count). The monoisotopic (exact) mass is 154 g/mol. The van der Waals surface area contributed by atoms with Crippen molar-refractivity contribution in [2.45, 2.75) is 19.9 Å². The molecule has 0 amide bonds. The van der Waals surface area contributed by atoms with Gasteiger partial charge in [-0.3, -0.25) is 0 Å². The number of hydrogen-bond acceptors (Lipinski definition) is 2. The molecule has 0 aliphatic carbocycles. The van der Waals surface area contributed by atoms with Crippen LogP contribution in [0.1, 0.15) is 13.8 Å². The number of azide groups is 1. The summed E-state index contributed by atoms with van der Waals surface area (Å²) in [6, 6.07) is 0.235. The first-order chi connectivity index (χ1) is 5.22. The quantitative estimate of drug-likeness (QED) is 0.346. The highest BCUT2D eigenvalue weighted by Crippen LogP contribution is 2.13. The molecule has 1 fully saturated rings. The van der Waals surface area contributed by atoms with E-state index in [1.807, 2.05) is 0 Å². The Bertz CT molecular complexity index is 165. The van der Waals surface area contributed by atoms with Crippen LogP contribution >= 0.6 is 0 Å². The van der Waals surface area contributed by atoms with Gasteiger partial charge in [-0.15, -0.1) is 0 Å². The van der Waals surface area contributed by atoms with Gasteiger partial charge in [0.15, 0.2) is 0 Å². The van der Waals surface area contributed by atoms with Crippen molar-refractivity contribution < 1.29 is 0 Å². The first kappa shape index (κ1) is 8.37. The standard InChI is InChI=1S/C7H14N4/c1-6(2)3-11-4-7(5-11)9-10-8/h6-7H,3-5H2,1-2H3. The molecule has 1 saturated heterocycles. The molecule has 0 N–H and O–H groups in total. The predicted octanol–water partition coefficient (Wildman–Crippen LogP) is 1.64. The predicted molar refractivity (Wildman–Crippen MR) is 44.2 cm³/mol. The molecule has 0 radical (unpaired) electrons. The van der Waals surface area contributed by atoms with Crippen LogP contribution in [0.4, 0.5) is 0 Å². The van der Waals surface area contributed by atoms with Crippen molar-refractivity contribution in [1.29, 1.82) is 0 Å². The van der Waals surface area contributed by atoms with Crippen LogP contribution in [0.2, 0.25) is 0 Å². The fourth-order valence-electron chi connectivity index (χ4n) is 1.35. The molecule has 1 heterocycles. The molecule has 0 saturated carbocycles. The molecule has 0 atom stereocenters. The number of likely N-dealkylation sites (tertiary alicyclic amines) is 1. The van der Waals surface area contributed by atoms with Gasteiger partial charge >= 0.3 is 0 Å². The molecule has 0 unspecified atom stereocenters. The Labute approximate surface area is 66.8 Å². The lowest BCUT2D eigenvalue weighted by atomic mass is 10.1. The van der Waals surface area contributed by atoms with Crippen LogP contribution in [0.25, 0.3) is 10.4 Å². The summed E-state index contributed by atoms with van der Waals surface area (Å²) in [7, 11) is 0. The van der Waals surface area contributed by atoms with Gasteiger partial charge in [-0.25, -0.2) is 0 Å². The van der Waals surface area contributed by atoms with E-state index in [1.165, 1.54) is 0 Å². The highest BCUT2D eigenvalue weighted by Gasteiger charge is 2.25. The summed E-state index contributed by atoms with van der Waals surface area (Å²) < 4.78 is 0. The van der Waals surface area contributed by atoms with Crippen LogP contribution in [0.15, 0.2) is 5.11 Å². The Hall–Kier alpha value is -0.730. The Morgan fingerprint density at radius 1 is 1.64 bits per heavy atom. The smallest absolute Gasteiger partial charge is 0.0628 e. The first-order valence-corrected chi connectivity index (χ1v) is 3.99. The lowest BCUT2D eigenvalue weighted by Gasteiger charge is -2.37. The SMILES string of the molecule is CC(C)CN1CC(N=[N+]=[N-])C1. The molecule has 62 valence electrons. The minimum Gasteiger partial charge on any atom is -0.302 e. The van der Waals surface area contributed by atoms with Gasteiger partial charge in [-0.05, 0) is 11.4 Å². The second-order valence-electron chi connectivity index (χ2n) is 3.47. The molecule has 0 bridgehead atoms. The molecule has 0 aromatic rings. The summed E-state index contributed by atoms with van der Waals surface area (Å²) >= 11 is 0. The van der Waals surface area contributed by atoms with Crippen molar-refractivity contribution in [2.24, 2.45) is 11.0 Å². The van der Waals surface area contributed by atoms with E-state index in [9.17, 15) is 0 Å². The fraction of sp³-hybridized carbons (Fsp3) is 1.00. The van der Waals surface area contributed by atoms with Crippen LogP contribution in [-0.4, -0.2) is 30.6 Å². The third kappa shape index (κ3) is 2.41. The molecular weight excluding hydrogens is 140 g/mol. The molecule has 0 aromatic carbocycles. The van der Waals surface area contributed by atoms with Crippen LogP contribution in [-0.2, 0) is 0 Å².